The van der Waals surface area contributed by atoms with Crippen LogP contribution < -0.4 is 11.1 Å². The van der Waals surface area contributed by atoms with E-state index in [9.17, 15) is 4.79 Å². The summed E-state index contributed by atoms with van der Waals surface area (Å²) in [5.41, 5.74) is 7.88. The van der Waals surface area contributed by atoms with Gasteiger partial charge < -0.3 is 11.1 Å². The predicted molar refractivity (Wildman–Crippen MR) is 85.9 cm³/mol. The van der Waals surface area contributed by atoms with Crippen LogP contribution in [0.15, 0.2) is 24.3 Å². The summed E-state index contributed by atoms with van der Waals surface area (Å²) in [5, 5.41) is 2.94. The van der Waals surface area contributed by atoms with Crippen LogP contribution >= 0.6 is 0 Å². The zero-order valence-corrected chi connectivity index (χ0v) is 13.0. The number of nitrogens with two attached hydrogens (primary N) is 1. The first-order chi connectivity index (χ1) is 10.0. The van der Waals surface area contributed by atoms with Gasteiger partial charge >= 0.3 is 0 Å². The number of hydrogen-bond acceptors (Lipinski definition) is 4. The third-order valence-corrected chi connectivity index (χ3v) is 3.64. The molecular formula is C16H26N4O. The molecule has 0 unspecified atom stereocenters. The third-order valence-electron chi connectivity index (χ3n) is 3.64. The summed E-state index contributed by atoms with van der Waals surface area (Å²) in [4.78, 5) is 16.4. The van der Waals surface area contributed by atoms with Crippen molar-refractivity contribution < 1.29 is 4.79 Å². The molecule has 0 saturated carbocycles. The molecule has 0 aliphatic carbocycles. The molecule has 5 nitrogen and oxygen atoms in total. The number of nitrogens with zero attached hydrogens (tertiary/aromatic N) is 2. The fourth-order valence-corrected chi connectivity index (χ4v) is 2.63. The van der Waals surface area contributed by atoms with Crippen LogP contribution in [0.5, 0.6) is 0 Å². The topological polar surface area (TPSA) is 61.6 Å². The lowest BCUT2D eigenvalue weighted by Crippen LogP contribution is -2.49. The number of benzene rings is 1. The summed E-state index contributed by atoms with van der Waals surface area (Å²) < 4.78 is 0. The Kier molecular flexibility index (Phi) is 5.59. The van der Waals surface area contributed by atoms with Crippen molar-refractivity contribution in [1.29, 1.82) is 0 Å². The predicted octanol–water partition coefficient (Wildman–Crippen LogP) is 0.911. The fraction of sp³-hybridized carbons (Fsp3) is 0.562. The highest BCUT2D eigenvalue weighted by atomic mass is 16.2. The van der Waals surface area contributed by atoms with E-state index in [-0.39, 0.29) is 11.9 Å². The van der Waals surface area contributed by atoms with Crippen LogP contribution in [0.4, 0.5) is 5.69 Å². The van der Waals surface area contributed by atoms with Crippen LogP contribution in [-0.4, -0.2) is 54.5 Å². The van der Waals surface area contributed by atoms with Crippen molar-refractivity contribution in [2.75, 3.05) is 38.5 Å². The Hall–Kier alpha value is -1.59. The van der Waals surface area contributed by atoms with Crippen LogP contribution in [0, 0.1) is 0 Å². The number of nitrogens with one attached hydrogen (secondary N) is 1. The number of hydrogen-bond donors (Lipinski definition) is 2. The smallest absolute Gasteiger partial charge is 0.234 e. The Morgan fingerprint density at radius 3 is 2.52 bits per heavy atom. The maximum Gasteiger partial charge on any atom is 0.234 e. The van der Waals surface area contributed by atoms with Gasteiger partial charge in [-0.25, -0.2) is 0 Å². The van der Waals surface area contributed by atoms with E-state index < -0.39 is 0 Å². The zero-order valence-electron chi connectivity index (χ0n) is 13.0. The Balaban J connectivity index is 1.74. The van der Waals surface area contributed by atoms with E-state index in [4.69, 9.17) is 5.73 Å². The van der Waals surface area contributed by atoms with Crippen molar-refractivity contribution in [2.45, 2.75) is 26.4 Å². The van der Waals surface area contributed by atoms with Gasteiger partial charge in [0.1, 0.15) is 0 Å². The molecule has 1 heterocycles. The van der Waals surface area contributed by atoms with Crippen molar-refractivity contribution in [3.05, 3.63) is 29.8 Å². The highest BCUT2D eigenvalue weighted by molar-refractivity contribution is 5.78. The maximum atomic E-state index is 11.8. The molecule has 2 rings (SSSR count). The molecule has 0 atom stereocenters. The molecule has 1 aliphatic rings. The van der Waals surface area contributed by atoms with Gasteiger partial charge in [0.15, 0.2) is 0 Å². The summed E-state index contributed by atoms with van der Waals surface area (Å²) in [6.45, 7) is 9.26. The van der Waals surface area contributed by atoms with Crippen LogP contribution in [0.25, 0.3) is 0 Å². The van der Waals surface area contributed by atoms with Crippen LogP contribution in [0.3, 0.4) is 0 Å². The molecule has 21 heavy (non-hydrogen) atoms. The summed E-state index contributed by atoms with van der Waals surface area (Å²) >= 11 is 0. The molecule has 0 bridgehead atoms. The molecule has 116 valence electrons. The lowest BCUT2D eigenvalue weighted by Gasteiger charge is -2.34. The second-order valence-electron chi connectivity index (χ2n) is 6.02. The van der Waals surface area contributed by atoms with Gasteiger partial charge in [-0.05, 0) is 31.5 Å². The maximum absolute atomic E-state index is 11.8. The van der Waals surface area contributed by atoms with Crippen molar-refractivity contribution in [1.82, 2.24) is 15.1 Å². The van der Waals surface area contributed by atoms with Crippen molar-refractivity contribution in [3.8, 4) is 0 Å². The Labute approximate surface area is 127 Å². The Morgan fingerprint density at radius 1 is 1.24 bits per heavy atom. The number of rotatable bonds is 5. The summed E-state index contributed by atoms with van der Waals surface area (Å²) in [7, 11) is 0. The van der Waals surface area contributed by atoms with Gasteiger partial charge in [-0.1, -0.05) is 12.1 Å². The standard InChI is InChI=1S/C16H26N4O/c1-13(2)18-16(21)12-20-8-6-19(7-9-20)11-14-4-3-5-15(17)10-14/h3-5,10,13H,6-9,11-12,17H2,1-2H3,(H,18,21). The van der Waals surface area contributed by atoms with Crippen LogP contribution in [-0.2, 0) is 11.3 Å². The molecule has 5 heteroatoms. The minimum Gasteiger partial charge on any atom is -0.399 e. The quantitative estimate of drug-likeness (QED) is 0.791. The SMILES string of the molecule is CC(C)NC(=O)CN1CCN(Cc2cccc(N)c2)CC1. The number of anilines is 1. The average Bonchev–Trinajstić information content (AvgIpc) is 2.40. The number of nitrogen functional groups attached to an aromatic ring is 1. The number of amides is 1. The highest BCUT2D eigenvalue weighted by Crippen LogP contribution is 2.11. The summed E-state index contributed by atoms with van der Waals surface area (Å²) in [6.07, 6.45) is 0. The normalized spacial score (nSPS) is 17.1. The Morgan fingerprint density at radius 2 is 1.90 bits per heavy atom. The molecule has 1 aromatic carbocycles. The number of carbonyl (C=O) groups excluding carboxylic acids is 1. The summed E-state index contributed by atoms with van der Waals surface area (Å²) in [6, 6.07) is 8.26. The molecule has 1 aliphatic heterocycles. The lowest BCUT2D eigenvalue weighted by molar-refractivity contribution is -0.123. The minimum atomic E-state index is 0.120. The molecule has 1 saturated heterocycles. The third kappa shape index (κ3) is 5.36. The van der Waals surface area contributed by atoms with E-state index in [2.05, 4.69) is 21.2 Å². The van der Waals surface area contributed by atoms with Gasteiger partial charge in [0.25, 0.3) is 0 Å². The van der Waals surface area contributed by atoms with E-state index in [0.29, 0.717) is 6.54 Å². The van der Waals surface area contributed by atoms with Gasteiger partial charge in [0, 0.05) is 44.5 Å². The molecule has 0 aromatic heterocycles. The minimum absolute atomic E-state index is 0.120. The largest absolute Gasteiger partial charge is 0.399 e. The average molecular weight is 290 g/mol. The van der Waals surface area contributed by atoms with Gasteiger partial charge in [-0.3, -0.25) is 14.6 Å². The lowest BCUT2D eigenvalue weighted by atomic mass is 10.2. The summed E-state index contributed by atoms with van der Waals surface area (Å²) in [5.74, 6) is 0.120. The van der Waals surface area contributed by atoms with Crippen molar-refractivity contribution >= 4 is 11.6 Å². The van der Waals surface area contributed by atoms with E-state index in [1.165, 1.54) is 5.56 Å². The molecule has 1 fully saturated rings. The molecule has 1 amide bonds. The van der Waals surface area contributed by atoms with E-state index in [0.717, 1.165) is 38.4 Å². The molecule has 0 radical (unpaired) electrons. The van der Waals surface area contributed by atoms with Crippen LogP contribution in [0.2, 0.25) is 0 Å². The van der Waals surface area contributed by atoms with Crippen molar-refractivity contribution in [3.63, 3.8) is 0 Å². The zero-order chi connectivity index (χ0) is 15.2. The first-order valence-electron chi connectivity index (χ1n) is 7.61. The first-order valence-corrected chi connectivity index (χ1v) is 7.61. The number of carbonyl (C=O) groups is 1. The van der Waals surface area contributed by atoms with Gasteiger partial charge in [-0.15, -0.1) is 0 Å². The molecular weight excluding hydrogens is 264 g/mol. The molecule has 3 N–H and O–H groups in total. The van der Waals surface area contributed by atoms with Gasteiger partial charge in [0.2, 0.25) is 5.91 Å². The molecule has 0 spiro atoms. The van der Waals surface area contributed by atoms with Crippen molar-refractivity contribution in [2.24, 2.45) is 0 Å². The van der Waals surface area contributed by atoms with E-state index in [1.807, 2.05) is 32.0 Å². The monoisotopic (exact) mass is 290 g/mol. The van der Waals surface area contributed by atoms with Gasteiger partial charge in [-0.2, -0.15) is 0 Å². The highest BCUT2D eigenvalue weighted by Gasteiger charge is 2.19. The van der Waals surface area contributed by atoms with E-state index in [1.54, 1.807) is 0 Å². The second kappa shape index (κ2) is 7.43. The molecule has 1 aromatic rings. The number of piperazine rings is 1. The van der Waals surface area contributed by atoms with Gasteiger partial charge in [0.05, 0.1) is 6.54 Å². The fourth-order valence-electron chi connectivity index (χ4n) is 2.63. The second-order valence-corrected chi connectivity index (χ2v) is 6.02. The van der Waals surface area contributed by atoms with Crippen LogP contribution in [0.1, 0.15) is 19.4 Å². The Bertz CT molecular complexity index is 467. The first kappa shape index (κ1) is 15.8. The van der Waals surface area contributed by atoms with E-state index >= 15 is 0 Å².